The molecule has 0 spiro atoms. The third-order valence-electron chi connectivity index (χ3n) is 3.17. The molecule has 0 amide bonds. The van der Waals surface area contributed by atoms with Crippen LogP contribution in [0.5, 0.6) is 5.75 Å². The Labute approximate surface area is 107 Å². The van der Waals surface area contributed by atoms with E-state index in [9.17, 15) is 4.79 Å². The number of benzene rings is 1. The fourth-order valence-corrected chi connectivity index (χ4v) is 2.30. The van der Waals surface area contributed by atoms with Crippen molar-refractivity contribution in [2.45, 2.75) is 38.1 Å². The minimum atomic E-state index is -0.958. The highest BCUT2D eigenvalue weighted by atomic mass is 16.5. The topological polar surface area (TPSA) is 58.6 Å². The molecule has 1 aromatic rings. The standard InChI is InChI=1S/C14H19NO3/c16-14(17)10-18-13-8-4-7-12(9-13)15-11-5-2-1-3-6-11/h4,7-9,11,15H,1-3,5-6,10H2,(H,16,17). The van der Waals surface area contributed by atoms with Gasteiger partial charge in [-0.2, -0.15) is 0 Å². The Balaban J connectivity index is 1.91. The van der Waals surface area contributed by atoms with Crippen LogP contribution in [0.3, 0.4) is 0 Å². The van der Waals surface area contributed by atoms with Crippen molar-refractivity contribution in [1.29, 1.82) is 0 Å². The molecule has 4 heteroatoms. The van der Waals surface area contributed by atoms with Crippen LogP contribution < -0.4 is 10.1 Å². The van der Waals surface area contributed by atoms with E-state index in [1.54, 1.807) is 6.07 Å². The number of ether oxygens (including phenoxy) is 1. The van der Waals surface area contributed by atoms with Gasteiger partial charge in [-0.3, -0.25) is 0 Å². The molecule has 0 saturated heterocycles. The molecule has 1 fully saturated rings. The van der Waals surface area contributed by atoms with Gasteiger partial charge in [0, 0.05) is 17.8 Å². The molecule has 0 aliphatic heterocycles. The average molecular weight is 249 g/mol. The van der Waals surface area contributed by atoms with Crippen LogP contribution in [0.25, 0.3) is 0 Å². The minimum Gasteiger partial charge on any atom is -0.482 e. The van der Waals surface area contributed by atoms with E-state index in [1.165, 1.54) is 32.1 Å². The first kappa shape index (κ1) is 12.7. The largest absolute Gasteiger partial charge is 0.482 e. The average Bonchev–Trinajstić information content (AvgIpc) is 2.38. The first-order chi connectivity index (χ1) is 8.74. The molecule has 0 radical (unpaired) electrons. The van der Waals surface area contributed by atoms with Gasteiger partial charge in [0.25, 0.3) is 0 Å². The number of carboxylic acids is 1. The van der Waals surface area contributed by atoms with Crippen LogP contribution in [0.1, 0.15) is 32.1 Å². The lowest BCUT2D eigenvalue weighted by Gasteiger charge is -2.24. The monoisotopic (exact) mass is 249 g/mol. The van der Waals surface area contributed by atoms with Gasteiger partial charge in [0.05, 0.1) is 0 Å². The summed E-state index contributed by atoms with van der Waals surface area (Å²) in [5.41, 5.74) is 1.00. The van der Waals surface area contributed by atoms with Crippen LogP contribution in [0.4, 0.5) is 5.69 Å². The first-order valence-electron chi connectivity index (χ1n) is 6.45. The zero-order valence-corrected chi connectivity index (χ0v) is 10.4. The molecule has 0 heterocycles. The molecule has 1 aliphatic rings. The van der Waals surface area contributed by atoms with Gasteiger partial charge in [-0.15, -0.1) is 0 Å². The number of hydrogen-bond donors (Lipinski definition) is 2. The Morgan fingerprint density at radius 1 is 1.33 bits per heavy atom. The predicted octanol–water partition coefficient (Wildman–Crippen LogP) is 2.89. The van der Waals surface area contributed by atoms with Gasteiger partial charge in [-0.1, -0.05) is 25.3 Å². The Bertz CT molecular complexity index is 400. The maximum absolute atomic E-state index is 10.4. The van der Waals surface area contributed by atoms with Crippen molar-refractivity contribution in [3.8, 4) is 5.75 Å². The second-order valence-corrected chi connectivity index (χ2v) is 4.69. The van der Waals surface area contributed by atoms with Crippen LogP contribution in [0, 0.1) is 0 Å². The summed E-state index contributed by atoms with van der Waals surface area (Å²) >= 11 is 0. The molecule has 0 bridgehead atoms. The van der Waals surface area contributed by atoms with Crippen LogP contribution in [0.2, 0.25) is 0 Å². The summed E-state index contributed by atoms with van der Waals surface area (Å²) < 4.78 is 5.16. The number of nitrogens with one attached hydrogen (secondary N) is 1. The number of hydrogen-bond acceptors (Lipinski definition) is 3. The quantitative estimate of drug-likeness (QED) is 0.842. The fourth-order valence-electron chi connectivity index (χ4n) is 2.30. The van der Waals surface area contributed by atoms with E-state index in [-0.39, 0.29) is 6.61 Å². The second kappa shape index (κ2) is 6.28. The molecular weight excluding hydrogens is 230 g/mol. The van der Waals surface area contributed by atoms with Crippen molar-refractivity contribution in [2.75, 3.05) is 11.9 Å². The van der Waals surface area contributed by atoms with E-state index in [2.05, 4.69) is 5.32 Å². The lowest BCUT2D eigenvalue weighted by molar-refractivity contribution is -0.139. The lowest BCUT2D eigenvalue weighted by atomic mass is 9.95. The minimum absolute atomic E-state index is 0.299. The number of rotatable bonds is 5. The molecule has 0 unspecified atom stereocenters. The van der Waals surface area contributed by atoms with Crippen LogP contribution in [-0.4, -0.2) is 23.7 Å². The van der Waals surface area contributed by atoms with Gasteiger partial charge in [0.2, 0.25) is 0 Å². The second-order valence-electron chi connectivity index (χ2n) is 4.69. The Kier molecular flexibility index (Phi) is 4.45. The number of aliphatic carboxylic acids is 1. The van der Waals surface area contributed by atoms with Crippen LogP contribution in [-0.2, 0) is 4.79 Å². The smallest absolute Gasteiger partial charge is 0.341 e. The molecule has 1 aromatic carbocycles. The zero-order valence-electron chi connectivity index (χ0n) is 10.4. The van der Waals surface area contributed by atoms with Crippen molar-refractivity contribution >= 4 is 11.7 Å². The summed E-state index contributed by atoms with van der Waals surface area (Å²) in [6, 6.07) is 8.03. The Hall–Kier alpha value is -1.71. The molecule has 98 valence electrons. The maximum Gasteiger partial charge on any atom is 0.341 e. The van der Waals surface area contributed by atoms with Gasteiger partial charge in [0.1, 0.15) is 5.75 Å². The molecule has 0 atom stereocenters. The van der Waals surface area contributed by atoms with E-state index in [1.807, 2.05) is 18.2 Å². The molecule has 0 aromatic heterocycles. The summed E-state index contributed by atoms with van der Waals surface area (Å²) in [4.78, 5) is 10.4. The van der Waals surface area contributed by atoms with E-state index in [0.29, 0.717) is 11.8 Å². The molecule has 1 saturated carbocycles. The van der Waals surface area contributed by atoms with Crippen molar-refractivity contribution in [2.24, 2.45) is 0 Å². The molecule has 1 aliphatic carbocycles. The van der Waals surface area contributed by atoms with Crippen LogP contribution in [0.15, 0.2) is 24.3 Å². The van der Waals surface area contributed by atoms with E-state index in [4.69, 9.17) is 9.84 Å². The van der Waals surface area contributed by atoms with Gasteiger partial charge in [-0.25, -0.2) is 4.79 Å². The number of anilines is 1. The van der Waals surface area contributed by atoms with E-state index >= 15 is 0 Å². The van der Waals surface area contributed by atoms with Crippen molar-refractivity contribution in [1.82, 2.24) is 0 Å². The van der Waals surface area contributed by atoms with Gasteiger partial charge in [0.15, 0.2) is 6.61 Å². The summed E-state index contributed by atoms with van der Waals surface area (Å²) in [6.45, 7) is -0.299. The Morgan fingerprint density at radius 3 is 2.83 bits per heavy atom. The molecule has 4 nitrogen and oxygen atoms in total. The highest BCUT2D eigenvalue weighted by Crippen LogP contribution is 2.23. The third kappa shape index (κ3) is 3.95. The predicted molar refractivity (Wildman–Crippen MR) is 70.1 cm³/mol. The molecule has 2 N–H and O–H groups in total. The summed E-state index contributed by atoms with van der Waals surface area (Å²) in [5.74, 6) is -0.362. The molecule has 18 heavy (non-hydrogen) atoms. The number of carbonyl (C=O) groups is 1. The first-order valence-corrected chi connectivity index (χ1v) is 6.45. The zero-order chi connectivity index (χ0) is 12.8. The normalized spacial score (nSPS) is 16.2. The molecular formula is C14H19NO3. The highest BCUT2D eigenvalue weighted by molar-refractivity contribution is 5.68. The lowest BCUT2D eigenvalue weighted by Crippen LogP contribution is -2.22. The summed E-state index contributed by atoms with van der Waals surface area (Å²) in [7, 11) is 0. The van der Waals surface area contributed by atoms with E-state index < -0.39 is 5.97 Å². The fraction of sp³-hybridized carbons (Fsp3) is 0.500. The maximum atomic E-state index is 10.4. The van der Waals surface area contributed by atoms with Gasteiger partial charge in [-0.05, 0) is 25.0 Å². The number of carboxylic acid groups (broad SMARTS) is 1. The van der Waals surface area contributed by atoms with E-state index in [0.717, 1.165) is 5.69 Å². The van der Waals surface area contributed by atoms with Crippen molar-refractivity contribution in [3.63, 3.8) is 0 Å². The van der Waals surface area contributed by atoms with Gasteiger partial charge >= 0.3 is 5.97 Å². The summed E-state index contributed by atoms with van der Waals surface area (Å²) in [6.07, 6.45) is 6.32. The SMILES string of the molecule is O=C(O)COc1cccc(NC2CCCCC2)c1. The Morgan fingerprint density at radius 2 is 2.11 bits per heavy atom. The third-order valence-corrected chi connectivity index (χ3v) is 3.17. The summed E-state index contributed by atoms with van der Waals surface area (Å²) in [5, 5.41) is 12.0. The van der Waals surface area contributed by atoms with Crippen LogP contribution >= 0.6 is 0 Å². The van der Waals surface area contributed by atoms with Gasteiger partial charge < -0.3 is 15.2 Å². The van der Waals surface area contributed by atoms with Crippen molar-refractivity contribution < 1.29 is 14.6 Å². The highest BCUT2D eigenvalue weighted by Gasteiger charge is 2.13. The molecule has 2 rings (SSSR count). The van der Waals surface area contributed by atoms with Crippen molar-refractivity contribution in [3.05, 3.63) is 24.3 Å².